The predicted molar refractivity (Wildman–Crippen MR) is 163 cm³/mol. The molecule has 0 aliphatic carbocycles. The summed E-state index contributed by atoms with van der Waals surface area (Å²) in [4.78, 5) is 31.1. The molecule has 0 atom stereocenters. The minimum absolute atomic E-state index is 0.193. The Balaban J connectivity index is 1.09. The van der Waals surface area contributed by atoms with E-state index in [9.17, 15) is 22.8 Å². The fraction of sp³-hybridized carbons (Fsp3) is 0.500. The number of anilines is 2. The second kappa shape index (κ2) is 13.1. The van der Waals surface area contributed by atoms with Crippen molar-refractivity contribution in [2.75, 3.05) is 55.9 Å². The Morgan fingerprint density at radius 3 is 2.58 bits per heavy atom. The van der Waals surface area contributed by atoms with Gasteiger partial charge in [0.1, 0.15) is 5.75 Å². The van der Waals surface area contributed by atoms with Crippen LogP contribution >= 0.6 is 11.3 Å². The van der Waals surface area contributed by atoms with E-state index in [2.05, 4.69) is 39.4 Å². The molecule has 11 heteroatoms. The van der Waals surface area contributed by atoms with Gasteiger partial charge in [0.25, 0.3) is 0 Å². The van der Waals surface area contributed by atoms with Gasteiger partial charge in [-0.1, -0.05) is 26.0 Å². The molecule has 1 aromatic heterocycles. The lowest BCUT2D eigenvalue weighted by molar-refractivity contribution is -0.157. The molecule has 1 fully saturated rings. The second-order valence-electron chi connectivity index (χ2n) is 11.8. The molecule has 5 rings (SSSR count). The van der Waals surface area contributed by atoms with Gasteiger partial charge in [-0.3, -0.25) is 19.4 Å². The predicted octanol–water partition coefficient (Wildman–Crippen LogP) is 6.74. The number of nitrogens with zero attached hydrogens (tertiary/aromatic N) is 3. The molecule has 3 heterocycles. The molecule has 43 heavy (non-hydrogen) atoms. The number of rotatable bonds is 11. The van der Waals surface area contributed by atoms with E-state index in [1.54, 1.807) is 17.4 Å². The number of carbonyl (C=O) groups is 2. The monoisotopic (exact) mass is 617 g/mol. The van der Waals surface area contributed by atoms with Crippen LogP contribution in [-0.2, 0) is 19.7 Å². The molecule has 3 aromatic rings. The summed E-state index contributed by atoms with van der Waals surface area (Å²) in [5.41, 5.74) is 2.32. The number of benzene rings is 2. The lowest BCUT2D eigenvalue weighted by atomic mass is 9.77. The number of halogens is 3. The molecule has 2 aliphatic heterocycles. The van der Waals surface area contributed by atoms with E-state index in [1.807, 2.05) is 26.0 Å². The smallest absolute Gasteiger partial charge is 0.389 e. The number of thiophene rings is 1. The number of ether oxygens (including phenoxy) is 2. The molecule has 0 spiro atoms. The van der Waals surface area contributed by atoms with Crippen LogP contribution in [0.25, 0.3) is 10.1 Å². The van der Waals surface area contributed by atoms with Crippen LogP contribution < -0.4 is 14.5 Å². The quantitative estimate of drug-likeness (QED) is 0.176. The van der Waals surface area contributed by atoms with Crippen molar-refractivity contribution < 1.29 is 32.2 Å². The van der Waals surface area contributed by atoms with Gasteiger partial charge in [-0.25, -0.2) is 0 Å². The highest BCUT2D eigenvalue weighted by molar-refractivity contribution is 7.17. The summed E-state index contributed by atoms with van der Waals surface area (Å²) in [6, 6.07) is 14.3. The summed E-state index contributed by atoms with van der Waals surface area (Å²) in [5.74, 6) is -0.663. The zero-order valence-corrected chi connectivity index (χ0v) is 25.4. The van der Waals surface area contributed by atoms with Crippen molar-refractivity contribution in [3.8, 4) is 5.75 Å². The van der Waals surface area contributed by atoms with E-state index < -0.39 is 37.1 Å². The maximum atomic E-state index is 12.9. The summed E-state index contributed by atoms with van der Waals surface area (Å²) in [5, 5.41) is 3.48. The SMILES string of the molecule is CC1(C)CC(=O)N(COC(=O)CCC(F)(F)F)c2cc(OCCCCN3CCN(c4cccc5sccc45)CC3)ccc21. The third-order valence-electron chi connectivity index (χ3n) is 8.17. The Morgan fingerprint density at radius 2 is 1.81 bits per heavy atom. The van der Waals surface area contributed by atoms with Crippen LogP contribution in [0.5, 0.6) is 5.75 Å². The lowest BCUT2D eigenvalue weighted by Crippen LogP contribution is -2.46. The first-order valence-corrected chi connectivity index (χ1v) is 15.6. The van der Waals surface area contributed by atoms with Crippen LogP contribution in [0.2, 0.25) is 0 Å². The summed E-state index contributed by atoms with van der Waals surface area (Å²) in [6.07, 6.45) is -4.43. The summed E-state index contributed by atoms with van der Waals surface area (Å²) >= 11 is 1.78. The van der Waals surface area contributed by atoms with Crippen molar-refractivity contribution in [3.05, 3.63) is 53.4 Å². The standard InChI is InChI=1S/C32H38F3N3O4S/c1-31(2)21-29(39)38(22-42-30(40)10-12-32(33,34)35)27-20-23(8-9-25(27)31)41-18-4-3-13-36-14-16-37(17-15-36)26-6-5-7-28-24(26)11-19-43-28/h5-9,11,19-20H,3-4,10,12-18,21-22H2,1-2H3. The second-order valence-corrected chi connectivity index (χ2v) is 12.8. The van der Waals surface area contributed by atoms with Gasteiger partial charge in [0, 0.05) is 59.9 Å². The summed E-state index contributed by atoms with van der Waals surface area (Å²) < 4.78 is 49.8. The number of alkyl halides is 3. The number of hydrogen-bond donors (Lipinski definition) is 0. The molecular formula is C32H38F3N3O4S. The number of amides is 1. The highest BCUT2D eigenvalue weighted by Crippen LogP contribution is 2.42. The lowest BCUT2D eigenvalue weighted by Gasteiger charge is -2.38. The minimum Gasteiger partial charge on any atom is -0.494 e. The molecule has 1 saturated heterocycles. The zero-order chi connectivity index (χ0) is 30.6. The summed E-state index contributed by atoms with van der Waals surface area (Å²) in [7, 11) is 0. The van der Waals surface area contributed by atoms with Gasteiger partial charge >= 0.3 is 12.1 Å². The van der Waals surface area contributed by atoms with Gasteiger partial charge in [0.05, 0.1) is 25.1 Å². The maximum absolute atomic E-state index is 12.9. The van der Waals surface area contributed by atoms with E-state index in [1.165, 1.54) is 20.7 Å². The fourth-order valence-electron chi connectivity index (χ4n) is 5.79. The van der Waals surface area contributed by atoms with Crippen LogP contribution in [0.4, 0.5) is 24.5 Å². The van der Waals surface area contributed by atoms with E-state index in [0.29, 0.717) is 18.0 Å². The first-order chi connectivity index (χ1) is 20.5. The van der Waals surface area contributed by atoms with Crippen molar-refractivity contribution in [1.82, 2.24) is 4.90 Å². The van der Waals surface area contributed by atoms with E-state index in [-0.39, 0.29) is 12.3 Å². The van der Waals surface area contributed by atoms with Crippen molar-refractivity contribution >= 4 is 44.7 Å². The Morgan fingerprint density at radius 1 is 1.02 bits per heavy atom. The number of carbonyl (C=O) groups excluding carboxylic acids is 2. The molecule has 1 amide bonds. The van der Waals surface area contributed by atoms with Crippen LogP contribution in [0.15, 0.2) is 47.8 Å². The maximum Gasteiger partial charge on any atom is 0.389 e. The van der Waals surface area contributed by atoms with Crippen LogP contribution in [0, 0.1) is 0 Å². The molecule has 0 radical (unpaired) electrons. The molecule has 0 saturated carbocycles. The van der Waals surface area contributed by atoms with Crippen molar-refractivity contribution in [1.29, 1.82) is 0 Å². The number of unbranched alkanes of at least 4 members (excludes halogenated alkanes) is 1. The molecule has 2 aliphatic rings. The molecule has 7 nitrogen and oxygen atoms in total. The minimum atomic E-state index is -4.45. The van der Waals surface area contributed by atoms with Gasteiger partial charge in [-0.05, 0) is 54.6 Å². The Hall–Kier alpha value is -3.31. The number of piperazine rings is 1. The molecule has 0 N–H and O–H groups in total. The zero-order valence-electron chi connectivity index (χ0n) is 24.6. The highest BCUT2D eigenvalue weighted by atomic mass is 32.1. The largest absolute Gasteiger partial charge is 0.494 e. The third kappa shape index (κ3) is 7.80. The average molecular weight is 618 g/mol. The first-order valence-electron chi connectivity index (χ1n) is 14.7. The Kier molecular flexibility index (Phi) is 9.51. The van der Waals surface area contributed by atoms with Crippen molar-refractivity contribution in [2.24, 2.45) is 0 Å². The fourth-order valence-corrected chi connectivity index (χ4v) is 6.60. The topological polar surface area (TPSA) is 62.3 Å². The average Bonchev–Trinajstić information content (AvgIpc) is 3.45. The molecule has 0 unspecified atom stereocenters. The van der Waals surface area contributed by atoms with Crippen LogP contribution in [0.1, 0.15) is 51.5 Å². The van der Waals surface area contributed by atoms with E-state index >= 15 is 0 Å². The molecule has 2 aromatic carbocycles. The Labute approximate surface area is 254 Å². The van der Waals surface area contributed by atoms with Crippen molar-refractivity contribution in [3.63, 3.8) is 0 Å². The van der Waals surface area contributed by atoms with Gasteiger partial charge in [-0.15, -0.1) is 11.3 Å². The normalized spacial score (nSPS) is 17.3. The number of hydrogen-bond acceptors (Lipinski definition) is 7. The van der Waals surface area contributed by atoms with Crippen LogP contribution in [-0.4, -0.2) is 69.0 Å². The third-order valence-corrected chi connectivity index (χ3v) is 9.06. The molecular weight excluding hydrogens is 579 g/mol. The highest BCUT2D eigenvalue weighted by Gasteiger charge is 2.37. The molecule has 0 bridgehead atoms. The van der Waals surface area contributed by atoms with Gasteiger partial charge < -0.3 is 14.4 Å². The Bertz CT molecular complexity index is 1430. The van der Waals surface area contributed by atoms with Gasteiger partial charge in [0.2, 0.25) is 5.91 Å². The molecule has 232 valence electrons. The summed E-state index contributed by atoms with van der Waals surface area (Å²) in [6.45, 7) is 9.05. The van der Waals surface area contributed by atoms with E-state index in [0.717, 1.165) is 51.1 Å². The number of fused-ring (bicyclic) bond motifs is 2. The van der Waals surface area contributed by atoms with Crippen molar-refractivity contribution in [2.45, 2.75) is 57.5 Å². The van der Waals surface area contributed by atoms with Crippen LogP contribution in [0.3, 0.4) is 0 Å². The first kappa shape index (κ1) is 31.1. The van der Waals surface area contributed by atoms with E-state index in [4.69, 9.17) is 9.47 Å². The number of esters is 1. The van der Waals surface area contributed by atoms with Gasteiger partial charge in [0.15, 0.2) is 6.73 Å². The van der Waals surface area contributed by atoms with Gasteiger partial charge in [-0.2, -0.15) is 13.2 Å².